The molecule has 27 heavy (non-hydrogen) atoms. The molecule has 3 nitrogen and oxygen atoms in total. The fourth-order valence-electron chi connectivity index (χ4n) is 2.45. The van der Waals surface area contributed by atoms with Crippen LogP contribution in [0.1, 0.15) is 40.0 Å². The molecule has 1 amide bonds. The molecule has 2 aromatic rings. The molecular formula is C20H16ClF3N2O. The number of aromatic nitrogens is 1. The topological polar surface area (TPSA) is 42.0 Å². The highest BCUT2D eigenvalue weighted by molar-refractivity contribution is 6.31. The minimum absolute atomic E-state index is 0.116. The second-order valence-electron chi connectivity index (χ2n) is 6.25. The van der Waals surface area contributed by atoms with Crippen LogP contribution in [0, 0.1) is 17.8 Å². The van der Waals surface area contributed by atoms with Crippen molar-refractivity contribution in [1.29, 1.82) is 0 Å². The molecule has 0 spiro atoms. The summed E-state index contributed by atoms with van der Waals surface area (Å²) in [4.78, 5) is 16.4. The Labute approximate surface area is 159 Å². The monoisotopic (exact) mass is 392 g/mol. The van der Waals surface area contributed by atoms with E-state index < -0.39 is 23.2 Å². The van der Waals surface area contributed by atoms with Crippen LogP contribution >= 0.6 is 11.6 Å². The van der Waals surface area contributed by atoms with Crippen molar-refractivity contribution in [3.05, 3.63) is 63.9 Å². The highest BCUT2D eigenvalue weighted by atomic mass is 35.5. The number of hydrogen-bond acceptors (Lipinski definition) is 2. The van der Waals surface area contributed by atoms with Gasteiger partial charge >= 0.3 is 6.18 Å². The third-order valence-corrected chi connectivity index (χ3v) is 4.37. The zero-order valence-corrected chi connectivity index (χ0v) is 15.0. The molecular weight excluding hydrogens is 377 g/mol. The van der Waals surface area contributed by atoms with Crippen LogP contribution in [0.5, 0.6) is 0 Å². The van der Waals surface area contributed by atoms with E-state index in [9.17, 15) is 18.0 Å². The molecule has 3 rings (SSSR count). The number of alkyl halides is 3. The minimum atomic E-state index is -4.59. The summed E-state index contributed by atoms with van der Waals surface area (Å²) in [5.74, 6) is 5.82. The Morgan fingerprint density at radius 2 is 2.04 bits per heavy atom. The van der Waals surface area contributed by atoms with E-state index in [2.05, 4.69) is 22.1 Å². The average Bonchev–Trinajstić information content (AvgIpc) is 3.45. The second kappa shape index (κ2) is 8.01. The maximum atomic E-state index is 13.0. The first-order valence-corrected chi connectivity index (χ1v) is 8.83. The van der Waals surface area contributed by atoms with Crippen LogP contribution in [-0.4, -0.2) is 17.4 Å². The number of carbonyl (C=O) groups excluding carboxylic acids is 1. The number of amides is 1. The van der Waals surface area contributed by atoms with Gasteiger partial charge in [0.1, 0.15) is 0 Å². The van der Waals surface area contributed by atoms with Crippen LogP contribution in [0.15, 0.2) is 36.5 Å². The first kappa shape index (κ1) is 19.2. The first-order chi connectivity index (χ1) is 12.8. The standard InChI is InChI=1S/C20H16ClF3N2O/c21-17-11-14(8-7-13-5-6-13)12-26-18(17)9-10-25-19(27)15-3-1-2-4-16(15)20(22,23)24/h1-4,11-13H,5-6,9-10H2,(H,25,27). The Bertz CT molecular complexity index is 911. The van der Waals surface area contributed by atoms with Gasteiger partial charge in [0.15, 0.2) is 0 Å². The molecule has 1 heterocycles. The zero-order valence-electron chi connectivity index (χ0n) is 14.2. The summed E-state index contributed by atoms with van der Waals surface area (Å²) in [5.41, 5.74) is -0.0937. The highest BCUT2D eigenvalue weighted by Gasteiger charge is 2.34. The molecule has 0 aliphatic heterocycles. The lowest BCUT2D eigenvalue weighted by atomic mass is 10.1. The molecule has 1 aliphatic carbocycles. The number of hydrogen-bond donors (Lipinski definition) is 1. The molecule has 1 aromatic heterocycles. The number of nitrogens with zero attached hydrogens (tertiary/aromatic N) is 1. The molecule has 140 valence electrons. The van der Waals surface area contributed by atoms with Gasteiger partial charge in [0.2, 0.25) is 0 Å². The van der Waals surface area contributed by atoms with Crippen molar-refractivity contribution in [2.75, 3.05) is 6.54 Å². The molecule has 1 aromatic carbocycles. The fraction of sp³-hybridized carbons (Fsp3) is 0.300. The van der Waals surface area contributed by atoms with Crippen LogP contribution in [0.2, 0.25) is 5.02 Å². The number of rotatable bonds is 4. The van der Waals surface area contributed by atoms with Crippen LogP contribution in [-0.2, 0) is 12.6 Å². The molecule has 1 saturated carbocycles. The van der Waals surface area contributed by atoms with E-state index in [1.165, 1.54) is 12.1 Å². The van der Waals surface area contributed by atoms with Gasteiger partial charge in [-0.1, -0.05) is 35.6 Å². The van der Waals surface area contributed by atoms with Gasteiger partial charge < -0.3 is 5.32 Å². The van der Waals surface area contributed by atoms with Crippen molar-refractivity contribution in [2.45, 2.75) is 25.4 Å². The van der Waals surface area contributed by atoms with E-state index in [4.69, 9.17) is 11.6 Å². The number of pyridine rings is 1. The molecule has 0 unspecified atom stereocenters. The summed E-state index contributed by atoms with van der Waals surface area (Å²) < 4.78 is 39.0. The first-order valence-electron chi connectivity index (χ1n) is 8.45. The van der Waals surface area contributed by atoms with Gasteiger partial charge in [-0.05, 0) is 31.0 Å². The Morgan fingerprint density at radius 3 is 2.70 bits per heavy atom. The van der Waals surface area contributed by atoms with Crippen LogP contribution < -0.4 is 5.32 Å². The van der Waals surface area contributed by atoms with Gasteiger partial charge in [-0.25, -0.2) is 0 Å². The van der Waals surface area contributed by atoms with Crippen LogP contribution in [0.4, 0.5) is 13.2 Å². The minimum Gasteiger partial charge on any atom is -0.352 e. The number of carbonyl (C=O) groups is 1. The van der Waals surface area contributed by atoms with Crippen molar-refractivity contribution in [3.8, 4) is 11.8 Å². The lowest BCUT2D eigenvalue weighted by Gasteiger charge is -2.12. The van der Waals surface area contributed by atoms with Gasteiger partial charge in [-0.15, -0.1) is 0 Å². The van der Waals surface area contributed by atoms with Crippen molar-refractivity contribution in [3.63, 3.8) is 0 Å². The summed E-state index contributed by atoms with van der Waals surface area (Å²) in [6, 6.07) is 6.38. The molecule has 1 N–H and O–H groups in total. The van der Waals surface area contributed by atoms with Crippen LogP contribution in [0.25, 0.3) is 0 Å². The molecule has 0 radical (unpaired) electrons. The van der Waals surface area contributed by atoms with E-state index in [-0.39, 0.29) is 6.54 Å². The van der Waals surface area contributed by atoms with Gasteiger partial charge in [0, 0.05) is 30.6 Å². The second-order valence-corrected chi connectivity index (χ2v) is 6.65. The van der Waals surface area contributed by atoms with E-state index in [1.807, 2.05) is 0 Å². The smallest absolute Gasteiger partial charge is 0.352 e. The van der Waals surface area contributed by atoms with E-state index in [0.29, 0.717) is 23.1 Å². The molecule has 1 fully saturated rings. The summed E-state index contributed by atoms with van der Waals surface area (Å²) in [6.45, 7) is 0.116. The lowest BCUT2D eigenvalue weighted by Crippen LogP contribution is -2.28. The van der Waals surface area contributed by atoms with Crippen molar-refractivity contribution in [2.24, 2.45) is 5.92 Å². The largest absolute Gasteiger partial charge is 0.417 e. The molecule has 0 bridgehead atoms. The van der Waals surface area contributed by atoms with Crippen molar-refractivity contribution in [1.82, 2.24) is 10.3 Å². The van der Waals surface area contributed by atoms with Gasteiger partial charge in [-0.3, -0.25) is 9.78 Å². The summed E-state index contributed by atoms with van der Waals surface area (Å²) in [7, 11) is 0. The molecule has 0 atom stereocenters. The molecule has 0 saturated heterocycles. The normalized spacial score (nSPS) is 13.6. The predicted molar refractivity (Wildman–Crippen MR) is 96.3 cm³/mol. The maximum absolute atomic E-state index is 13.0. The third-order valence-electron chi connectivity index (χ3n) is 4.04. The lowest BCUT2D eigenvalue weighted by molar-refractivity contribution is -0.137. The fourth-order valence-corrected chi connectivity index (χ4v) is 2.71. The predicted octanol–water partition coefficient (Wildman–Crippen LogP) is 4.49. The van der Waals surface area contributed by atoms with E-state index in [0.717, 1.165) is 30.5 Å². The summed E-state index contributed by atoms with van der Waals surface area (Å²) in [6.07, 6.45) is -0.421. The average molecular weight is 393 g/mol. The third kappa shape index (κ3) is 5.24. The summed E-state index contributed by atoms with van der Waals surface area (Å²) >= 11 is 6.19. The van der Waals surface area contributed by atoms with Gasteiger partial charge in [0.05, 0.1) is 21.8 Å². The number of nitrogens with one attached hydrogen (secondary N) is 1. The zero-order chi connectivity index (χ0) is 19.4. The number of benzene rings is 1. The number of halogens is 4. The van der Waals surface area contributed by atoms with E-state index >= 15 is 0 Å². The van der Waals surface area contributed by atoms with Gasteiger partial charge in [0.25, 0.3) is 5.91 Å². The Morgan fingerprint density at radius 1 is 1.30 bits per heavy atom. The van der Waals surface area contributed by atoms with Crippen molar-refractivity contribution < 1.29 is 18.0 Å². The maximum Gasteiger partial charge on any atom is 0.417 e. The highest BCUT2D eigenvalue weighted by Crippen LogP contribution is 2.31. The Balaban J connectivity index is 1.60. The molecule has 1 aliphatic rings. The summed E-state index contributed by atoms with van der Waals surface area (Å²) in [5, 5.41) is 2.90. The Hall–Kier alpha value is -2.52. The van der Waals surface area contributed by atoms with Gasteiger partial charge in [-0.2, -0.15) is 13.2 Å². The van der Waals surface area contributed by atoms with E-state index in [1.54, 1.807) is 12.3 Å². The Kier molecular flexibility index (Phi) is 5.71. The quantitative estimate of drug-likeness (QED) is 0.779. The molecule has 7 heteroatoms. The van der Waals surface area contributed by atoms with Crippen molar-refractivity contribution >= 4 is 17.5 Å². The SMILES string of the molecule is O=C(NCCc1ncc(C#CC2CC2)cc1Cl)c1ccccc1C(F)(F)F. The van der Waals surface area contributed by atoms with Crippen LogP contribution in [0.3, 0.4) is 0 Å².